The Labute approximate surface area is 237 Å². The van der Waals surface area contributed by atoms with E-state index in [4.69, 9.17) is 4.74 Å². The molecule has 2 N–H and O–H groups in total. The summed E-state index contributed by atoms with van der Waals surface area (Å²) < 4.78 is 50.0. The predicted octanol–water partition coefficient (Wildman–Crippen LogP) is 5.73. The summed E-state index contributed by atoms with van der Waals surface area (Å²) in [7, 11) is 1.47. The number of alkyl halides is 3. The lowest BCUT2D eigenvalue weighted by Crippen LogP contribution is -2.43. The van der Waals surface area contributed by atoms with Gasteiger partial charge < -0.3 is 19.8 Å². The lowest BCUT2D eigenvalue weighted by molar-refractivity contribution is -0.152. The predicted molar refractivity (Wildman–Crippen MR) is 143 cm³/mol. The highest BCUT2D eigenvalue weighted by atomic mass is 19.4. The first kappa shape index (κ1) is 29.4. The monoisotopic (exact) mass is 577 g/mol. The largest absolute Gasteiger partial charge is 0.496 e. The van der Waals surface area contributed by atoms with Crippen molar-refractivity contribution in [3.63, 3.8) is 0 Å². The van der Waals surface area contributed by atoms with Gasteiger partial charge in [-0.15, -0.1) is 0 Å². The van der Waals surface area contributed by atoms with Crippen LogP contribution in [0.5, 0.6) is 5.75 Å². The summed E-state index contributed by atoms with van der Waals surface area (Å²) in [6, 6.07) is 5.85. The van der Waals surface area contributed by atoms with Gasteiger partial charge in [-0.2, -0.15) is 18.3 Å². The van der Waals surface area contributed by atoms with Gasteiger partial charge in [0.15, 0.2) is 5.69 Å². The number of hydrogen-bond donors (Lipinski definition) is 2. The van der Waals surface area contributed by atoms with Crippen molar-refractivity contribution in [3.8, 4) is 5.75 Å². The number of para-hydroxylation sites is 1. The highest BCUT2D eigenvalue weighted by molar-refractivity contribution is 5.95. The van der Waals surface area contributed by atoms with Crippen molar-refractivity contribution >= 4 is 11.9 Å². The number of hydrogen-bond acceptors (Lipinski definition) is 5. The quantitative estimate of drug-likeness (QED) is 0.416. The summed E-state index contributed by atoms with van der Waals surface area (Å²) in [6.45, 7) is 5.75. The molecule has 0 unspecified atom stereocenters. The summed E-state index contributed by atoms with van der Waals surface area (Å²) in [5, 5.41) is 24.8. The number of aromatic nitrogens is 2. The molecule has 0 aliphatic heterocycles. The molecule has 224 valence electrons. The maximum atomic E-state index is 14.6. The number of nitrogens with zero attached hydrogens (tertiary/aromatic N) is 3. The lowest BCUT2D eigenvalue weighted by atomic mass is 9.74. The van der Waals surface area contributed by atoms with Crippen LogP contribution in [0.3, 0.4) is 0 Å². The van der Waals surface area contributed by atoms with E-state index in [9.17, 15) is 33.0 Å². The first-order valence-corrected chi connectivity index (χ1v) is 14.2. The highest BCUT2D eigenvalue weighted by Crippen LogP contribution is 2.67. The molecular weight excluding hydrogens is 539 g/mol. The highest BCUT2D eigenvalue weighted by Gasteiger charge is 2.63. The number of fused-ring (bicyclic) bond motifs is 1. The van der Waals surface area contributed by atoms with Gasteiger partial charge in [-0.25, -0.2) is 0 Å². The van der Waals surface area contributed by atoms with Crippen molar-refractivity contribution in [3.05, 3.63) is 47.3 Å². The number of carboxylic acids is 1. The first-order chi connectivity index (χ1) is 19.2. The molecule has 3 saturated carbocycles. The molecule has 0 radical (unpaired) electrons. The first-order valence-electron chi connectivity index (χ1n) is 14.2. The molecule has 0 spiro atoms. The van der Waals surface area contributed by atoms with E-state index in [0.29, 0.717) is 36.0 Å². The number of amides is 1. The molecule has 3 fully saturated rings. The molecule has 8 nitrogen and oxygen atoms in total. The third kappa shape index (κ3) is 5.21. The number of halogens is 3. The SMILES string of the molecule is COc1ccccc1[C@H](O)CN(C(=O)c1cnn([C@H]2CC[C@](C)(C(=O)O)CC2)c1C(F)(F)F)[C@H]1C[C@@H]2[C@H](C1)C2(C)C. The molecule has 5 rings (SSSR count). The van der Waals surface area contributed by atoms with E-state index in [1.54, 1.807) is 31.2 Å². The Hall–Kier alpha value is -3.08. The van der Waals surface area contributed by atoms with Gasteiger partial charge in [0, 0.05) is 11.6 Å². The van der Waals surface area contributed by atoms with Crippen LogP contribution in [0.2, 0.25) is 0 Å². The summed E-state index contributed by atoms with van der Waals surface area (Å²) in [4.78, 5) is 27.1. The molecule has 0 bridgehead atoms. The fraction of sp³-hybridized carbons (Fsp3) is 0.633. The molecular formula is C30H38F3N3O5. The molecule has 4 atom stereocenters. The van der Waals surface area contributed by atoms with Crippen molar-refractivity contribution < 1.29 is 37.7 Å². The normalized spacial score (nSPS) is 29.5. The number of carboxylic acid groups (broad SMARTS) is 1. The van der Waals surface area contributed by atoms with Gasteiger partial charge in [0.05, 0.1) is 36.9 Å². The number of benzene rings is 1. The molecule has 0 saturated heterocycles. The number of aliphatic carboxylic acids is 1. The van der Waals surface area contributed by atoms with Gasteiger partial charge in [0.1, 0.15) is 11.9 Å². The Bertz CT molecular complexity index is 1300. The number of rotatable bonds is 8. The smallest absolute Gasteiger partial charge is 0.433 e. The number of carbonyl (C=O) groups excluding carboxylic acids is 1. The molecule has 3 aliphatic carbocycles. The van der Waals surface area contributed by atoms with Crippen molar-refractivity contribution in [1.29, 1.82) is 0 Å². The van der Waals surface area contributed by atoms with Crippen LogP contribution in [0.15, 0.2) is 30.5 Å². The van der Waals surface area contributed by atoms with Gasteiger partial charge in [0.2, 0.25) is 0 Å². The Morgan fingerprint density at radius 3 is 2.32 bits per heavy atom. The minimum atomic E-state index is -4.86. The van der Waals surface area contributed by atoms with Crippen LogP contribution < -0.4 is 4.74 Å². The average Bonchev–Trinajstić information content (AvgIpc) is 3.35. The van der Waals surface area contributed by atoms with Crippen LogP contribution in [-0.2, 0) is 11.0 Å². The molecule has 1 heterocycles. The van der Waals surface area contributed by atoms with E-state index in [-0.39, 0.29) is 43.7 Å². The second kappa shape index (κ2) is 10.3. The Kier molecular flexibility index (Phi) is 7.41. The van der Waals surface area contributed by atoms with Crippen molar-refractivity contribution in [2.45, 2.75) is 83.7 Å². The second-order valence-electron chi connectivity index (χ2n) is 12.8. The lowest BCUT2D eigenvalue weighted by Gasteiger charge is -2.35. The molecule has 1 aromatic heterocycles. The number of ether oxygens (including phenoxy) is 1. The van der Waals surface area contributed by atoms with Gasteiger partial charge >= 0.3 is 12.1 Å². The molecule has 41 heavy (non-hydrogen) atoms. The minimum Gasteiger partial charge on any atom is -0.496 e. The van der Waals surface area contributed by atoms with Gasteiger partial charge in [-0.1, -0.05) is 32.0 Å². The maximum absolute atomic E-state index is 14.6. The Balaban J connectivity index is 1.46. The van der Waals surface area contributed by atoms with E-state index in [1.807, 2.05) is 0 Å². The van der Waals surface area contributed by atoms with Crippen LogP contribution in [0.25, 0.3) is 0 Å². The number of aliphatic hydroxyl groups is 1. The second-order valence-corrected chi connectivity index (χ2v) is 12.8. The van der Waals surface area contributed by atoms with E-state index < -0.39 is 46.9 Å². The fourth-order valence-electron chi connectivity index (χ4n) is 7.29. The average molecular weight is 578 g/mol. The zero-order valence-electron chi connectivity index (χ0n) is 23.8. The summed E-state index contributed by atoms with van der Waals surface area (Å²) in [6.07, 6.45) is -2.88. The number of aliphatic hydroxyl groups excluding tert-OH is 1. The standard InChI is InChI=1S/C30H38F3N3O5/c1-28(2)21-13-18(14-22(21)28)35(16-23(37)19-7-5-6-8-24(19)41-4)26(38)20-15-34-36(25(20)30(31,32)33)17-9-11-29(3,12-10-17)27(39)40/h5-8,15,17-18,21-23,37H,9-14,16H2,1-4H3,(H,39,40)/t17-,18-,21+,22-,23-,29-/m1/s1. The number of methoxy groups -OCH3 is 1. The van der Waals surface area contributed by atoms with Crippen LogP contribution in [0.1, 0.15) is 93.1 Å². The molecule has 11 heteroatoms. The van der Waals surface area contributed by atoms with Crippen molar-refractivity contribution in [1.82, 2.24) is 14.7 Å². The van der Waals surface area contributed by atoms with Crippen molar-refractivity contribution in [2.75, 3.05) is 13.7 Å². The van der Waals surface area contributed by atoms with Gasteiger partial charge in [0.25, 0.3) is 5.91 Å². The van der Waals surface area contributed by atoms with Crippen LogP contribution in [0.4, 0.5) is 13.2 Å². The third-order valence-electron chi connectivity index (χ3n) is 10.1. The van der Waals surface area contributed by atoms with Crippen LogP contribution >= 0.6 is 0 Å². The molecule has 2 aromatic rings. The summed E-state index contributed by atoms with van der Waals surface area (Å²) in [5.74, 6) is -0.598. The third-order valence-corrected chi connectivity index (χ3v) is 10.1. The fourth-order valence-corrected chi connectivity index (χ4v) is 7.29. The van der Waals surface area contributed by atoms with Gasteiger partial charge in [-0.3, -0.25) is 14.3 Å². The zero-order chi connectivity index (χ0) is 29.9. The molecule has 1 amide bonds. The van der Waals surface area contributed by atoms with Gasteiger partial charge in [-0.05, 0) is 68.8 Å². The Morgan fingerprint density at radius 1 is 1.15 bits per heavy atom. The Morgan fingerprint density at radius 2 is 1.76 bits per heavy atom. The van der Waals surface area contributed by atoms with Crippen LogP contribution in [-0.4, -0.2) is 56.5 Å². The maximum Gasteiger partial charge on any atom is 0.433 e. The van der Waals surface area contributed by atoms with Crippen LogP contribution in [0, 0.1) is 22.7 Å². The van der Waals surface area contributed by atoms with E-state index in [1.165, 1.54) is 12.0 Å². The topological polar surface area (TPSA) is 105 Å². The molecule has 1 aromatic carbocycles. The van der Waals surface area contributed by atoms with E-state index >= 15 is 0 Å². The minimum absolute atomic E-state index is 0.139. The molecule has 3 aliphatic rings. The van der Waals surface area contributed by atoms with E-state index in [2.05, 4.69) is 18.9 Å². The number of carbonyl (C=O) groups is 2. The zero-order valence-corrected chi connectivity index (χ0v) is 23.8. The van der Waals surface area contributed by atoms with E-state index in [0.717, 1.165) is 10.9 Å². The summed E-state index contributed by atoms with van der Waals surface area (Å²) in [5.41, 5.74) is -2.07. The van der Waals surface area contributed by atoms with Crippen molar-refractivity contribution in [2.24, 2.45) is 22.7 Å². The summed E-state index contributed by atoms with van der Waals surface area (Å²) >= 11 is 0.